The number of hydrogen-bond donors (Lipinski definition) is 1. The average molecular weight is 337 g/mol. The molecule has 0 amide bonds. The molecule has 0 fully saturated rings. The van der Waals surface area contributed by atoms with Crippen molar-refractivity contribution < 1.29 is 0 Å². The zero-order valence-corrected chi connectivity index (χ0v) is 15.2. The van der Waals surface area contributed by atoms with Crippen molar-refractivity contribution in [2.24, 2.45) is 0 Å². The first-order chi connectivity index (χ1) is 9.45. The predicted octanol–water partition coefficient (Wildman–Crippen LogP) is 6.73. The Morgan fingerprint density at radius 3 is 1.80 bits per heavy atom. The van der Waals surface area contributed by atoms with Crippen molar-refractivity contribution in [3.8, 4) is 19.5 Å². The number of rotatable bonds is 2. The van der Waals surface area contributed by atoms with E-state index in [1.54, 1.807) is 11.3 Å². The van der Waals surface area contributed by atoms with Crippen LogP contribution in [0.4, 0.5) is 0 Å². The third-order valence-electron chi connectivity index (χ3n) is 3.30. The summed E-state index contributed by atoms with van der Waals surface area (Å²) >= 11 is 10.1. The molecule has 20 heavy (non-hydrogen) atoms. The maximum absolute atomic E-state index is 4.52. The van der Waals surface area contributed by atoms with Crippen LogP contribution in [0.5, 0.6) is 0 Å². The Morgan fingerprint density at radius 2 is 1.25 bits per heavy atom. The Bertz CT molecular complexity index is 751. The third kappa shape index (κ3) is 2.50. The Labute approximate surface area is 137 Å². The SMILES string of the molecule is Cc1cc(C)c(-c2cc(C)c(-c3cc(C)c(S)s3)s2)s1. The van der Waals surface area contributed by atoms with Crippen LogP contribution in [0.1, 0.15) is 21.6 Å². The highest BCUT2D eigenvalue weighted by molar-refractivity contribution is 7.83. The molecule has 3 heterocycles. The van der Waals surface area contributed by atoms with Crippen molar-refractivity contribution >= 4 is 46.6 Å². The summed E-state index contributed by atoms with van der Waals surface area (Å²) in [7, 11) is 0. The highest BCUT2D eigenvalue weighted by Crippen LogP contribution is 2.44. The molecule has 0 aliphatic carbocycles. The van der Waals surface area contributed by atoms with Crippen LogP contribution in [0.2, 0.25) is 0 Å². The van der Waals surface area contributed by atoms with Crippen molar-refractivity contribution in [3.63, 3.8) is 0 Å². The number of hydrogen-bond acceptors (Lipinski definition) is 4. The lowest BCUT2D eigenvalue weighted by atomic mass is 10.2. The topological polar surface area (TPSA) is 0 Å². The largest absolute Gasteiger partial charge is 0.139 e. The second-order valence-electron chi connectivity index (χ2n) is 5.09. The molecule has 0 spiro atoms. The molecule has 0 bridgehead atoms. The normalized spacial score (nSPS) is 11.2. The van der Waals surface area contributed by atoms with Gasteiger partial charge in [-0.3, -0.25) is 0 Å². The number of aryl methyl sites for hydroxylation is 4. The molecule has 0 saturated heterocycles. The quantitative estimate of drug-likeness (QED) is 0.493. The monoisotopic (exact) mass is 336 g/mol. The molecule has 3 aromatic heterocycles. The van der Waals surface area contributed by atoms with Crippen LogP contribution in [-0.2, 0) is 0 Å². The van der Waals surface area contributed by atoms with Gasteiger partial charge in [0, 0.05) is 24.4 Å². The molecule has 0 saturated carbocycles. The van der Waals surface area contributed by atoms with Crippen molar-refractivity contribution in [1.29, 1.82) is 0 Å². The van der Waals surface area contributed by atoms with Gasteiger partial charge in [0.25, 0.3) is 0 Å². The lowest BCUT2D eigenvalue weighted by molar-refractivity contribution is 1.44. The Hall–Kier alpha value is -0.550. The lowest BCUT2D eigenvalue weighted by Crippen LogP contribution is -1.68. The van der Waals surface area contributed by atoms with Crippen LogP contribution in [0, 0.1) is 27.7 Å². The second-order valence-corrected chi connectivity index (χ2v) is 9.20. The van der Waals surface area contributed by atoms with Gasteiger partial charge in [0.05, 0.1) is 4.21 Å². The van der Waals surface area contributed by atoms with E-state index in [-0.39, 0.29) is 0 Å². The summed E-state index contributed by atoms with van der Waals surface area (Å²) in [6.07, 6.45) is 0. The van der Waals surface area contributed by atoms with E-state index in [9.17, 15) is 0 Å². The van der Waals surface area contributed by atoms with Crippen LogP contribution in [0.3, 0.4) is 0 Å². The highest BCUT2D eigenvalue weighted by Gasteiger charge is 2.15. The minimum Gasteiger partial charge on any atom is -0.139 e. The van der Waals surface area contributed by atoms with Gasteiger partial charge in [0.1, 0.15) is 0 Å². The fourth-order valence-corrected chi connectivity index (χ4v) is 6.11. The lowest BCUT2D eigenvalue weighted by Gasteiger charge is -1.94. The van der Waals surface area contributed by atoms with Crippen LogP contribution < -0.4 is 0 Å². The van der Waals surface area contributed by atoms with E-state index >= 15 is 0 Å². The van der Waals surface area contributed by atoms with Gasteiger partial charge < -0.3 is 0 Å². The maximum atomic E-state index is 4.52. The molecule has 0 unspecified atom stereocenters. The summed E-state index contributed by atoms with van der Waals surface area (Å²) in [6, 6.07) is 6.85. The van der Waals surface area contributed by atoms with E-state index < -0.39 is 0 Å². The van der Waals surface area contributed by atoms with Crippen molar-refractivity contribution in [1.82, 2.24) is 0 Å². The minimum atomic E-state index is 1.12. The fourth-order valence-electron chi connectivity index (χ4n) is 2.31. The second kappa shape index (κ2) is 5.34. The third-order valence-corrected chi connectivity index (χ3v) is 7.71. The van der Waals surface area contributed by atoms with Gasteiger partial charge in [-0.15, -0.1) is 46.6 Å². The van der Waals surface area contributed by atoms with Gasteiger partial charge in [-0.05, 0) is 62.6 Å². The fraction of sp³-hybridized carbons (Fsp3) is 0.250. The smallest absolute Gasteiger partial charge is 0.0604 e. The molecule has 104 valence electrons. The number of thiol groups is 1. The van der Waals surface area contributed by atoms with Gasteiger partial charge in [0.2, 0.25) is 0 Å². The standard InChI is InChI=1S/C16H16S4/c1-8-5-11(4)18-14(8)12-6-9(2)15(19-12)13-7-10(3)16(17)20-13/h5-7,17H,1-4H3. The predicted molar refractivity (Wildman–Crippen MR) is 97.1 cm³/mol. The minimum absolute atomic E-state index is 1.12. The molecule has 0 atom stereocenters. The Morgan fingerprint density at radius 1 is 0.700 bits per heavy atom. The van der Waals surface area contributed by atoms with E-state index in [1.807, 2.05) is 22.7 Å². The Balaban J connectivity index is 2.09. The van der Waals surface area contributed by atoms with Crippen LogP contribution in [-0.4, -0.2) is 0 Å². The first-order valence-corrected chi connectivity index (χ1v) is 9.33. The average Bonchev–Trinajstić information content (AvgIpc) is 2.99. The van der Waals surface area contributed by atoms with Crippen molar-refractivity contribution in [3.05, 3.63) is 39.8 Å². The van der Waals surface area contributed by atoms with Gasteiger partial charge in [-0.25, -0.2) is 0 Å². The zero-order chi connectivity index (χ0) is 14.4. The van der Waals surface area contributed by atoms with Gasteiger partial charge in [0.15, 0.2) is 0 Å². The molecule has 3 aromatic rings. The van der Waals surface area contributed by atoms with E-state index in [2.05, 4.69) is 58.5 Å². The van der Waals surface area contributed by atoms with Gasteiger partial charge in [-0.2, -0.15) is 0 Å². The molecular weight excluding hydrogens is 320 g/mol. The summed E-state index contributed by atoms with van der Waals surface area (Å²) in [6.45, 7) is 8.71. The molecular formula is C16H16S4. The molecule has 3 rings (SSSR count). The maximum Gasteiger partial charge on any atom is 0.0604 e. The van der Waals surface area contributed by atoms with E-state index in [4.69, 9.17) is 0 Å². The highest BCUT2D eigenvalue weighted by atomic mass is 32.2. The summed E-state index contributed by atoms with van der Waals surface area (Å²) in [5.74, 6) is 0. The summed E-state index contributed by atoms with van der Waals surface area (Å²) in [4.78, 5) is 6.92. The first-order valence-electron chi connectivity index (χ1n) is 6.43. The van der Waals surface area contributed by atoms with Crippen molar-refractivity contribution in [2.75, 3.05) is 0 Å². The molecule has 0 nitrogen and oxygen atoms in total. The molecule has 4 heteroatoms. The van der Waals surface area contributed by atoms with Crippen LogP contribution >= 0.6 is 46.6 Å². The van der Waals surface area contributed by atoms with Gasteiger partial charge in [-0.1, -0.05) is 0 Å². The molecule has 0 aliphatic heterocycles. The first kappa shape index (κ1) is 14.4. The number of thiophene rings is 3. The summed E-state index contributed by atoms with van der Waals surface area (Å²) in [5.41, 5.74) is 4.02. The van der Waals surface area contributed by atoms with E-state index in [0.29, 0.717) is 0 Å². The van der Waals surface area contributed by atoms with E-state index in [1.165, 1.54) is 41.1 Å². The van der Waals surface area contributed by atoms with Crippen LogP contribution in [0.25, 0.3) is 19.5 Å². The molecule has 0 aromatic carbocycles. The van der Waals surface area contributed by atoms with E-state index in [0.717, 1.165) is 4.21 Å². The molecule has 0 N–H and O–H groups in total. The van der Waals surface area contributed by atoms with Crippen molar-refractivity contribution in [2.45, 2.75) is 31.9 Å². The van der Waals surface area contributed by atoms with Gasteiger partial charge >= 0.3 is 0 Å². The Kier molecular flexibility index (Phi) is 3.84. The molecule has 0 aliphatic rings. The molecule has 0 radical (unpaired) electrons. The van der Waals surface area contributed by atoms with Crippen LogP contribution in [0.15, 0.2) is 22.4 Å². The zero-order valence-electron chi connectivity index (χ0n) is 11.9. The summed E-state index contributed by atoms with van der Waals surface area (Å²) in [5, 5.41) is 0. The summed E-state index contributed by atoms with van der Waals surface area (Å²) < 4.78 is 1.12.